The van der Waals surface area contributed by atoms with Crippen LogP contribution in [0.15, 0.2) is 36.4 Å². The molecule has 2 aromatic carbocycles. The number of carbonyl (C=O) groups excluding carboxylic acids is 1. The SMILES string of the molecule is CN1[C@@H]2CC[C@H]1C(Cc1ccc(O)c(O)c1)C(=O)C2Cc1ccc(O)c(O)c1. The second-order valence-corrected chi connectivity index (χ2v) is 8.05. The zero-order valence-corrected chi connectivity index (χ0v) is 15.7. The fourth-order valence-electron chi connectivity index (χ4n) is 4.99. The number of hydrogen-bond donors (Lipinski definition) is 4. The number of fused-ring (bicyclic) bond motifs is 2. The maximum absolute atomic E-state index is 13.4. The number of phenolic OH excluding ortho intramolecular Hbond substituents is 4. The number of Topliss-reactive ketones (excluding diaryl/α,β-unsaturated/α-hetero) is 1. The second-order valence-electron chi connectivity index (χ2n) is 8.05. The molecule has 2 unspecified atom stereocenters. The molecule has 6 heteroatoms. The molecule has 2 aromatic rings. The molecule has 0 saturated carbocycles. The molecule has 4 atom stereocenters. The highest BCUT2D eigenvalue weighted by Gasteiger charge is 2.50. The maximum atomic E-state index is 13.4. The van der Waals surface area contributed by atoms with Crippen molar-refractivity contribution in [1.29, 1.82) is 0 Å². The molecule has 2 fully saturated rings. The first kappa shape index (κ1) is 18.6. The van der Waals surface area contributed by atoms with Gasteiger partial charge >= 0.3 is 0 Å². The van der Waals surface area contributed by atoms with E-state index < -0.39 is 0 Å². The minimum Gasteiger partial charge on any atom is -0.504 e. The van der Waals surface area contributed by atoms with E-state index >= 15 is 0 Å². The number of piperidine rings is 1. The Labute approximate surface area is 163 Å². The van der Waals surface area contributed by atoms with Crippen molar-refractivity contribution in [3.63, 3.8) is 0 Å². The molecule has 2 aliphatic rings. The summed E-state index contributed by atoms with van der Waals surface area (Å²) >= 11 is 0. The predicted molar refractivity (Wildman–Crippen MR) is 104 cm³/mol. The van der Waals surface area contributed by atoms with Gasteiger partial charge in [-0.25, -0.2) is 0 Å². The van der Waals surface area contributed by atoms with E-state index in [0.29, 0.717) is 12.8 Å². The van der Waals surface area contributed by atoms with E-state index in [9.17, 15) is 25.2 Å². The average molecular weight is 383 g/mol. The lowest BCUT2D eigenvalue weighted by Gasteiger charge is -2.41. The van der Waals surface area contributed by atoms with Gasteiger partial charge in [0.25, 0.3) is 0 Å². The minimum atomic E-state index is -0.177. The van der Waals surface area contributed by atoms with Gasteiger partial charge in [0.1, 0.15) is 5.78 Å². The summed E-state index contributed by atoms with van der Waals surface area (Å²) in [6.07, 6.45) is 2.95. The number of aromatic hydroxyl groups is 4. The third-order valence-electron chi connectivity index (χ3n) is 6.46. The van der Waals surface area contributed by atoms with Gasteiger partial charge in [-0.2, -0.15) is 0 Å². The van der Waals surface area contributed by atoms with Crippen LogP contribution in [0.2, 0.25) is 0 Å². The van der Waals surface area contributed by atoms with E-state index in [1.165, 1.54) is 24.3 Å². The molecule has 4 N–H and O–H groups in total. The Hall–Kier alpha value is -2.73. The number of nitrogens with zero attached hydrogens (tertiary/aromatic N) is 1. The Bertz CT molecular complexity index is 840. The predicted octanol–water partition coefficient (Wildman–Crippen LogP) is 2.57. The quantitative estimate of drug-likeness (QED) is 0.606. The monoisotopic (exact) mass is 383 g/mol. The van der Waals surface area contributed by atoms with E-state index in [4.69, 9.17) is 0 Å². The van der Waals surface area contributed by atoms with Gasteiger partial charge in [-0.05, 0) is 68.1 Å². The van der Waals surface area contributed by atoms with Gasteiger partial charge < -0.3 is 20.4 Å². The molecule has 6 nitrogen and oxygen atoms in total. The molecule has 2 saturated heterocycles. The normalized spacial score (nSPS) is 27.2. The first-order chi connectivity index (χ1) is 13.3. The van der Waals surface area contributed by atoms with Gasteiger partial charge in [0, 0.05) is 23.9 Å². The molecule has 4 rings (SSSR count). The van der Waals surface area contributed by atoms with E-state index in [0.717, 1.165) is 24.0 Å². The highest BCUT2D eigenvalue weighted by molar-refractivity contribution is 5.86. The number of benzene rings is 2. The van der Waals surface area contributed by atoms with Crippen molar-refractivity contribution in [2.75, 3.05) is 7.05 Å². The fourth-order valence-corrected chi connectivity index (χ4v) is 4.99. The number of hydrogen-bond acceptors (Lipinski definition) is 6. The maximum Gasteiger partial charge on any atom is 0.157 e. The van der Waals surface area contributed by atoms with Crippen LogP contribution < -0.4 is 0 Å². The highest BCUT2D eigenvalue weighted by atomic mass is 16.3. The standard InChI is InChI=1S/C22H25NO5/c1-23-16-4-5-17(23)15(9-13-3-7-19(25)21(27)11-13)22(28)14(16)8-12-2-6-18(24)20(26)10-12/h2-3,6-7,10-11,14-17,24-27H,4-5,8-9H2,1H3/t14?,15?,16-,17+. The summed E-state index contributed by atoms with van der Waals surface area (Å²) in [7, 11) is 2.07. The fraction of sp³-hybridized carbons (Fsp3) is 0.409. The first-order valence-electron chi connectivity index (χ1n) is 9.62. The largest absolute Gasteiger partial charge is 0.504 e. The van der Waals surface area contributed by atoms with Crippen LogP contribution in [0.3, 0.4) is 0 Å². The Balaban J connectivity index is 1.60. The second kappa shape index (κ2) is 7.02. The molecule has 2 heterocycles. The van der Waals surface area contributed by atoms with E-state index in [2.05, 4.69) is 11.9 Å². The van der Waals surface area contributed by atoms with Crippen LogP contribution in [0.5, 0.6) is 23.0 Å². The molecule has 148 valence electrons. The third kappa shape index (κ3) is 3.18. The van der Waals surface area contributed by atoms with Gasteiger partial charge in [-0.1, -0.05) is 12.1 Å². The number of ketones is 1. The molecule has 28 heavy (non-hydrogen) atoms. The van der Waals surface area contributed by atoms with Crippen LogP contribution in [0.1, 0.15) is 24.0 Å². The third-order valence-corrected chi connectivity index (χ3v) is 6.46. The van der Waals surface area contributed by atoms with Gasteiger partial charge in [0.2, 0.25) is 0 Å². The van der Waals surface area contributed by atoms with Crippen molar-refractivity contribution in [2.24, 2.45) is 11.8 Å². The van der Waals surface area contributed by atoms with Crippen LogP contribution in [0.25, 0.3) is 0 Å². The molecule has 2 bridgehead atoms. The number of rotatable bonds is 4. The molecular formula is C22H25NO5. The van der Waals surface area contributed by atoms with Crippen LogP contribution >= 0.6 is 0 Å². The summed E-state index contributed by atoms with van der Waals surface area (Å²) in [6.45, 7) is 0. The first-order valence-corrected chi connectivity index (χ1v) is 9.62. The molecular weight excluding hydrogens is 358 g/mol. The molecule has 0 amide bonds. The van der Waals surface area contributed by atoms with Crippen LogP contribution in [0.4, 0.5) is 0 Å². The lowest BCUT2D eigenvalue weighted by Crippen LogP contribution is -2.53. The summed E-state index contributed by atoms with van der Waals surface area (Å²) in [5.41, 5.74) is 1.65. The van der Waals surface area contributed by atoms with Crippen LogP contribution in [-0.4, -0.2) is 50.2 Å². The van der Waals surface area contributed by atoms with Crippen molar-refractivity contribution >= 4 is 5.78 Å². The summed E-state index contributed by atoms with van der Waals surface area (Å²) in [5.74, 6) is -0.815. The summed E-state index contributed by atoms with van der Waals surface area (Å²) in [4.78, 5) is 15.7. The summed E-state index contributed by atoms with van der Waals surface area (Å²) in [6, 6.07) is 9.81. The summed E-state index contributed by atoms with van der Waals surface area (Å²) in [5, 5.41) is 38.6. The van der Waals surface area contributed by atoms with E-state index in [1.807, 2.05) is 0 Å². The van der Waals surface area contributed by atoms with Crippen molar-refractivity contribution in [1.82, 2.24) is 4.90 Å². The van der Waals surface area contributed by atoms with Gasteiger partial charge in [0.05, 0.1) is 0 Å². The topological polar surface area (TPSA) is 101 Å². The molecule has 0 spiro atoms. The van der Waals surface area contributed by atoms with Crippen molar-refractivity contribution < 1.29 is 25.2 Å². The smallest absolute Gasteiger partial charge is 0.157 e. The minimum absolute atomic E-state index is 0.165. The Kier molecular flexibility index (Phi) is 4.67. The zero-order valence-electron chi connectivity index (χ0n) is 15.7. The Morgan fingerprint density at radius 2 is 1.21 bits per heavy atom. The molecule has 0 aliphatic carbocycles. The number of carbonyl (C=O) groups is 1. The molecule has 0 radical (unpaired) electrons. The zero-order chi connectivity index (χ0) is 20.0. The Morgan fingerprint density at radius 3 is 1.61 bits per heavy atom. The van der Waals surface area contributed by atoms with Crippen molar-refractivity contribution in [2.45, 2.75) is 37.8 Å². The van der Waals surface area contributed by atoms with Crippen molar-refractivity contribution in [3.05, 3.63) is 47.5 Å². The van der Waals surface area contributed by atoms with Gasteiger partial charge in [-0.3, -0.25) is 9.69 Å². The van der Waals surface area contributed by atoms with Gasteiger partial charge in [-0.15, -0.1) is 0 Å². The lowest BCUT2D eigenvalue weighted by molar-refractivity contribution is -0.134. The average Bonchev–Trinajstić information content (AvgIpc) is 2.97. The molecule has 2 aliphatic heterocycles. The summed E-state index contributed by atoms with van der Waals surface area (Å²) < 4.78 is 0. The van der Waals surface area contributed by atoms with E-state index in [1.54, 1.807) is 12.1 Å². The van der Waals surface area contributed by atoms with Gasteiger partial charge in [0.15, 0.2) is 23.0 Å². The van der Waals surface area contributed by atoms with E-state index in [-0.39, 0.29) is 52.7 Å². The van der Waals surface area contributed by atoms with Crippen LogP contribution in [-0.2, 0) is 17.6 Å². The van der Waals surface area contributed by atoms with Crippen molar-refractivity contribution in [3.8, 4) is 23.0 Å². The lowest BCUT2D eigenvalue weighted by atomic mass is 9.76. The van der Waals surface area contributed by atoms with Crippen LogP contribution in [0, 0.1) is 11.8 Å². The number of phenols is 4. The Morgan fingerprint density at radius 1 is 0.786 bits per heavy atom. The highest BCUT2D eigenvalue weighted by Crippen LogP contribution is 2.42. The molecule has 0 aromatic heterocycles.